The van der Waals surface area contributed by atoms with Crippen molar-refractivity contribution in [2.75, 3.05) is 18.5 Å². The van der Waals surface area contributed by atoms with Crippen LogP contribution in [0.4, 0.5) is 5.69 Å². The number of ketones is 2. The summed E-state index contributed by atoms with van der Waals surface area (Å²) >= 11 is 0. The third kappa shape index (κ3) is 5.86. The van der Waals surface area contributed by atoms with Gasteiger partial charge in [-0.3, -0.25) is 9.59 Å². The molecule has 39 heavy (non-hydrogen) atoms. The summed E-state index contributed by atoms with van der Waals surface area (Å²) in [7, 11) is 2.15. The maximum absolute atomic E-state index is 12.8. The topological polar surface area (TPSA) is 54.5 Å². The van der Waals surface area contributed by atoms with Crippen molar-refractivity contribution in [1.82, 2.24) is 0 Å². The summed E-state index contributed by atoms with van der Waals surface area (Å²) < 4.78 is 0. The predicted molar refractivity (Wildman–Crippen MR) is 160 cm³/mol. The Morgan fingerprint density at radius 1 is 1.03 bits per heavy atom. The molecule has 4 aliphatic carbocycles. The molecule has 0 saturated heterocycles. The van der Waals surface area contributed by atoms with Gasteiger partial charge in [-0.15, -0.1) is 0 Å². The molecule has 4 nitrogen and oxygen atoms in total. The number of anilines is 1. The summed E-state index contributed by atoms with van der Waals surface area (Å²) in [4.78, 5) is 37.9. The SMILES string of the molecule is CC.CC(=O)C1CCC2C3CCC4=CC(=O)CCC4=C3C(c3ccc(N(C)CCCCCC=O)cc3)CC12C. The van der Waals surface area contributed by atoms with Crippen molar-refractivity contribution in [3.8, 4) is 0 Å². The molecule has 0 heterocycles. The highest BCUT2D eigenvalue weighted by molar-refractivity contribution is 5.93. The van der Waals surface area contributed by atoms with E-state index in [1.165, 1.54) is 22.4 Å². The van der Waals surface area contributed by atoms with Crippen LogP contribution in [-0.2, 0) is 14.4 Å². The molecule has 5 atom stereocenters. The normalized spacial score (nSPS) is 29.4. The highest BCUT2D eigenvalue weighted by Gasteiger charge is 2.57. The zero-order valence-electron chi connectivity index (χ0n) is 24.9. The molecule has 0 aromatic heterocycles. The van der Waals surface area contributed by atoms with Crippen molar-refractivity contribution in [2.24, 2.45) is 23.2 Å². The molecule has 212 valence electrons. The lowest BCUT2D eigenvalue weighted by atomic mass is 9.51. The lowest BCUT2D eigenvalue weighted by Crippen LogP contribution is -2.44. The highest BCUT2D eigenvalue weighted by Crippen LogP contribution is 2.65. The third-order valence-corrected chi connectivity index (χ3v) is 10.3. The van der Waals surface area contributed by atoms with E-state index in [1.807, 2.05) is 19.9 Å². The van der Waals surface area contributed by atoms with Gasteiger partial charge in [0.05, 0.1) is 0 Å². The number of hydrogen-bond donors (Lipinski definition) is 0. The van der Waals surface area contributed by atoms with Gasteiger partial charge in [-0.2, -0.15) is 0 Å². The Balaban J connectivity index is 0.00000172. The first-order chi connectivity index (χ1) is 18.8. The molecule has 4 aliphatic rings. The molecule has 0 aliphatic heterocycles. The largest absolute Gasteiger partial charge is 0.375 e. The maximum Gasteiger partial charge on any atom is 0.156 e. The molecule has 1 aromatic rings. The second-order valence-electron chi connectivity index (χ2n) is 12.4. The predicted octanol–water partition coefficient (Wildman–Crippen LogP) is 8.01. The van der Waals surface area contributed by atoms with Crippen LogP contribution in [-0.4, -0.2) is 31.4 Å². The first-order valence-corrected chi connectivity index (χ1v) is 15.6. The van der Waals surface area contributed by atoms with Crippen molar-refractivity contribution in [3.63, 3.8) is 0 Å². The summed E-state index contributed by atoms with van der Waals surface area (Å²) in [6, 6.07) is 9.16. The minimum atomic E-state index is 0.0495. The Kier molecular flexibility index (Phi) is 9.67. The number of unbranched alkanes of at least 4 members (excludes halogenated alkanes) is 3. The molecule has 2 saturated carbocycles. The Labute approximate surface area is 236 Å². The first kappa shape index (κ1) is 29.5. The number of allylic oxidation sites excluding steroid dienone is 4. The molecule has 5 rings (SSSR count). The quantitative estimate of drug-likeness (QED) is 0.239. The number of Topliss-reactive ketones (excluding diaryl/α,β-unsaturated/α-hetero) is 1. The number of aldehydes is 1. The van der Waals surface area contributed by atoms with Crippen LogP contribution in [0.3, 0.4) is 0 Å². The maximum atomic E-state index is 12.8. The zero-order valence-corrected chi connectivity index (χ0v) is 24.9. The summed E-state index contributed by atoms with van der Waals surface area (Å²) in [6.07, 6.45) is 13.6. The fourth-order valence-electron chi connectivity index (χ4n) is 8.47. The van der Waals surface area contributed by atoms with Gasteiger partial charge in [0.25, 0.3) is 0 Å². The van der Waals surface area contributed by atoms with Gasteiger partial charge in [-0.05, 0) is 110 Å². The van der Waals surface area contributed by atoms with Gasteiger partial charge in [0, 0.05) is 44.0 Å². The van der Waals surface area contributed by atoms with E-state index in [1.54, 1.807) is 12.5 Å². The van der Waals surface area contributed by atoms with E-state index in [2.05, 4.69) is 43.1 Å². The molecule has 0 bridgehead atoms. The van der Waals surface area contributed by atoms with Crippen molar-refractivity contribution >= 4 is 23.5 Å². The zero-order chi connectivity index (χ0) is 28.2. The van der Waals surface area contributed by atoms with Crippen LogP contribution >= 0.6 is 0 Å². The van der Waals surface area contributed by atoms with Crippen LogP contribution < -0.4 is 4.90 Å². The van der Waals surface area contributed by atoms with Crippen LogP contribution in [0.1, 0.15) is 110 Å². The molecule has 1 aromatic carbocycles. The van der Waals surface area contributed by atoms with Crippen LogP contribution in [0.2, 0.25) is 0 Å². The van der Waals surface area contributed by atoms with Gasteiger partial charge in [-0.25, -0.2) is 0 Å². The van der Waals surface area contributed by atoms with E-state index in [0.717, 1.165) is 70.6 Å². The fraction of sp³-hybridized carbons (Fsp3) is 0.629. The highest BCUT2D eigenvalue weighted by atomic mass is 16.1. The molecule has 2 fully saturated rings. The summed E-state index contributed by atoms with van der Waals surface area (Å²) in [5.74, 6) is 2.24. The first-order valence-electron chi connectivity index (χ1n) is 15.6. The standard InChI is InChI=1S/C33H43NO3.C2H6/c1-22(36)30-16-17-31-28-14-10-24-20-26(37)13-15-27(24)32(28)29(21-33(30,31)2)23-8-11-25(12-9-23)34(3)18-6-4-5-7-19-35;1-2/h8-9,11-12,19-20,28-31H,4-7,10,13-18,21H2,1-3H3;1-2H3. The summed E-state index contributed by atoms with van der Waals surface area (Å²) in [6.45, 7) is 9.20. The van der Waals surface area contributed by atoms with E-state index in [9.17, 15) is 14.4 Å². The lowest BCUT2D eigenvalue weighted by molar-refractivity contribution is -0.125. The average molecular weight is 532 g/mol. The number of benzene rings is 1. The van der Waals surface area contributed by atoms with Crippen molar-refractivity contribution in [3.05, 3.63) is 52.6 Å². The molecule has 0 amide bonds. The van der Waals surface area contributed by atoms with E-state index in [-0.39, 0.29) is 17.1 Å². The Hall–Kier alpha value is -2.49. The number of carbonyl (C=O) groups excluding carboxylic acids is 3. The smallest absolute Gasteiger partial charge is 0.156 e. The Morgan fingerprint density at radius 2 is 1.77 bits per heavy atom. The van der Waals surface area contributed by atoms with E-state index < -0.39 is 0 Å². The van der Waals surface area contributed by atoms with Gasteiger partial charge in [0.1, 0.15) is 12.1 Å². The van der Waals surface area contributed by atoms with Gasteiger partial charge < -0.3 is 9.69 Å². The van der Waals surface area contributed by atoms with Gasteiger partial charge in [0.15, 0.2) is 5.78 Å². The molecular weight excluding hydrogens is 482 g/mol. The fourth-order valence-corrected chi connectivity index (χ4v) is 8.47. The minimum absolute atomic E-state index is 0.0495. The Morgan fingerprint density at radius 3 is 2.46 bits per heavy atom. The van der Waals surface area contributed by atoms with Gasteiger partial charge in [0.2, 0.25) is 0 Å². The number of nitrogens with zero attached hydrogens (tertiary/aromatic N) is 1. The van der Waals surface area contributed by atoms with Crippen LogP contribution in [0.5, 0.6) is 0 Å². The molecule has 4 heteroatoms. The van der Waals surface area contributed by atoms with Crippen LogP contribution in [0.25, 0.3) is 0 Å². The van der Waals surface area contributed by atoms with Crippen LogP contribution in [0.15, 0.2) is 47.1 Å². The molecule has 5 unspecified atom stereocenters. The monoisotopic (exact) mass is 531 g/mol. The molecule has 0 N–H and O–H groups in total. The summed E-state index contributed by atoms with van der Waals surface area (Å²) in [5.41, 5.74) is 7.01. The molecular formula is C35H49NO3. The van der Waals surface area contributed by atoms with Gasteiger partial charge >= 0.3 is 0 Å². The number of rotatable bonds is 9. The van der Waals surface area contributed by atoms with Gasteiger partial charge in [-0.1, -0.05) is 44.9 Å². The number of carbonyl (C=O) groups is 3. The van der Waals surface area contributed by atoms with E-state index >= 15 is 0 Å². The van der Waals surface area contributed by atoms with Crippen molar-refractivity contribution in [2.45, 2.75) is 104 Å². The molecule has 0 spiro atoms. The van der Waals surface area contributed by atoms with E-state index in [0.29, 0.717) is 36.4 Å². The Bertz CT molecular complexity index is 1110. The van der Waals surface area contributed by atoms with Crippen molar-refractivity contribution < 1.29 is 14.4 Å². The van der Waals surface area contributed by atoms with E-state index in [4.69, 9.17) is 0 Å². The average Bonchev–Trinajstić information content (AvgIpc) is 3.30. The third-order valence-electron chi connectivity index (χ3n) is 10.3. The second kappa shape index (κ2) is 12.8. The number of hydrogen-bond acceptors (Lipinski definition) is 4. The lowest BCUT2D eigenvalue weighted by Gasteiger charge is -2.52. The number of fused-ring (bicyclic) bond motifs is 4. The summed E-state index contributed by atoms with van der Waals surface area (Å²) in [5, 5.41) is 0. The van der Waals surface area contributed by atoms with Crippen LogP contribution in [0, 0.1) is 23.2 Å². The van der Waals surface area contributed by atoms with Crippen molar-refractivity contribution in [1.29, 1.82) is 0 Å². The second-order valence-corrected chi connectivity index (χ2v) is 12.4. The minimum Gasteiger partial charge on any atom is -0.375 e. The molecule has 0 radical (unpaired) electrons.